The van der Waals surface area contributed by atoms with Crippen LogP contribution in [0.15, 0.2) is 53.0 Å². The first-order valence-electron chi connectivity index (χ1n) is 6.11. The molecule has 0 aliphatic rings. The van der Waals surface area contributed by atoms with E-state index < -0.39 is 5.97 Å². The van der Waals surface area contributed by atoms with Crippen molar-refractivity contribution in [3.8, 4) is 17.2 Å². The highest BCUT2D eigenvalue weighted by Gasteiger charge is 2.03. The molecule has 0 fully saturated rings. The second kappa shape index (κ2) is 6.95. The number of carbonyl (C=O) groups is 1. The molecule has 2 aromatic carbocycles. The van der Waals surface area contributed by atoms with Crippen molar-refractivity contribution in [2.24, 2.45) is 0 Å². The molecule has 0 aliphatic heterocycles. The number of methoxy groups -OCH3 is 1. The van der Waals surface area contributed by atoms with Crippen molar-refractivity contribution >= 4 is 28.0 Å². The van der Waals surface area contributed by atoms with E-state index in [1.165, 1.54) is 6.08 Å². The van der Waals surface area contributed by atoms with E-state index in [4.69, 9.17) is 14.6 Å². The lowest BCUT2D eigenvalue weighted by atomic mass is 10.2. The van der Waals surface area contributed by atoms with Gasteiger partial charge in [0.25, 0.3) is 0 Å². The van der Waals surface area contributed by atoms with Gasteiger partial charge in [-0.1, -0.05) is 28.1 Å². The first-order chi connectivity index (χ1) is 10.1. The minimum absolute atomic E-state index is 0.641. The number of hydrogen-bond donors (Lipinski definition) is 1. The number of hydrogen-bond acceptors (Lipinski definition) is 3. The Balaban J connectivity index is 2.18. The van der Waals surface area contributed by atoms with Crippen LogP contribution in [0.25, 0.3) is 6.08 Å². The Labute approximate surface area is 130 Å². The third-order valence-electron chi connectivity index (χ3n) is 2.65. The van der Waals surface area contributed by atoms with E-state index in [2.05, 4.69) is 15.9 Å². The van der Waals surface area contributed by atoms with Gasteiger partial charge in [0.15, 0.2) is 0 Å². The molecule has 108 valence electrons. The standard InChI is InChI=1S/C16H13BrO4/c1-20-12-3-2-4-13(9-12)21-14-7-5-11(15(17)10-14)6-8-16(18)19/h2-10H,1H3,(H,18,19)/b8-6+. The quantitative estimate of drug-likeness (QED) is 0.816. The van der Waals surface area contributed by atoms with Crippen molar-refractivity contribution in [2.75, 3.05) is 7.11 Å². The highest BCUT2D eigenvalue weighted by atomic mass is 79.9. The molecule has 0 saturated heterocycles. The van der Waals surface area contributed by atoms with Crippen molar-refractivity contribution < 1.29 is 19.4 Å². The molecule has 0 atom stereocenters. The summed E-state index contributed by atoms with van der Waals surface area (Å²) in [7, 11) is 1.60. The molecule has 0 unspecified atom stereocenters. The molecule has 0 spiro atoms. The fourth-order valence-electron chi connectivity index (χ4n) is 1.67. The zero-order chi connectivity index (χ0) is 15.2. The lowest BCUT2D eigenvalue weighted by Crippen LogP contribution is -1.88. The van der Waals surface area contributed by atoms with Crippen LogP contribution in [0.3, 0.4) is 0 Å². The lowest BCUT2D eigenvalue weighted by Gasteiger charge is -2.08. The van der Waals surface area contributed by atoms with Crippen LogP contribution in [0.4, 0.5) is 0 Å². The zero-order valence-corrected chi connectivity index (χ0v) is 12.8. The van der Waals surface area contributed by atoms with Gasteiger partial charge in [-0.15, -0.1) is 0 Å². The summed E-state index contributed by atoms with van der Waals surface area (Å²) in [5.74, 6) is 1.03. The first-order valence-corrected chi connectivity index (χ1v) is 6.90. The Hall–Kier alpha value is -2.27. The summed E-state index contributed by atoms with van der Waals surface area (Å²) in [6, 6.07) is 12.6. The van der Waals surface area contributed by atoms with E-state index >= 15 is 0 Å². The van der Waals surface area contributed by atoms with Crippen LogP contribution in [-0.2, 0) is 4.79 Å². The third-order valence-corrected chi connectivity index (χ3v) is 3.34. The molecule has 4 nitrogen and oxygen atoms in total. The number of carboxylic acid groups (broad SMARTS) is 1. The van der Waals surface area contributed by atoms with Gasteiger partial charge in [-0.25, -0.2) is 4.79 Å². The minimum atomic E-state index is -0.987. The van der Waals surface area contributed by atoms with Crippen molar-refractivity contribution in [1.82, 2.24) is 0 Å². The predicted octanol–water partition coefficient (Wildman–Crippen LogP) is 4.35. The number of rotatable bonds is 5. The van der Waals surface area contributed by atoms with Crippen LogP contribution in [-0.4, -0.2) is 18.2 Å². The molecule has 0 saturated carbocycles. The van der Waals surface area contributed by atoms with Crippen molar-refractivity contribution in [2.45, 2.75) is 0 Å². The molecule has 1 N–H and O–H groups in total. The summed E-state index contributed by atoms with van der Waals surface area (Å²) in [6.45, 7) is 0. The monoisotopic (exact) mass is 348 g/mol. The first kappa shape index (κ1) is 15.1. The van der Waals surface area contributed by atoms with Gasteiger partial charge in [0.05, 0.1) is 7.11 Å². The van der Waals surface area contributed by atoms with E-state index in [1.54, 1.807) is 31.4 Å². The molecule has 0 aromatic heterocycles. The molecule has 0 amide bonds. The Morgan fingerprint density at radius 3 is 2.52 bits per heavy atom. The molecule has 0 radical (unpaired) electrons. The second-order valence-electron chi connectivity index (χ2n) is 4.14. The number of carboxylic acids is 1. The van der Waals surface area contributed by atoms with Gasteiger partial charge in [-0.05, 0) is 35.9 Å². The maximum absolute atomic E-state index is 10.5. The molecule has 2 rings (SSSR count). The molecule has 21 heavy (non-hydrogen) atoms. The van der Waals surface area contributed by atoms with E-state index in [-0.39, 0.29) is 0 Å². The van der Waals surface area contributed by atoms with Crippen molar-refractivity contribution in [3.63, 3.8) is 0 Å². The Bertz CT molecular complexity index is 680. The maximum Gasteiger partial charge on any atom is 0.328 e. The molecule has 0 aliphatic carbocycles. The summed E-state index contributed by atoms with van der Waals surface area (Å²) in [6.07, 6.45) is 2.60. The van der Waals surface area contributed by atoms with Crippen molar-refractivity contribution in [1.29, 1.82) is 0 Å². The Morgan fingerprint density at radius 2 is 1.86 bits per heavy atom. The minimum Gasteiger partial charge on any atom is -0.497 e. The maximum atomic E-state index is 10.5. The molecular weight excluding hydrogens is 336 g/mol. The van der Waals surface area contributed by atoms with Gasteiger partial charge in [-0.3, -0.25) is 0 Å². The van der Waals surface area contributed by atoms with Gasteiger partial charge < -0.3 is 14.6 Å². The van der Waals surface area contributed by atoms with E-state index in [9.17, 15) is 4.79 Å². The smallest absolute Gasteiger partial charge is 0.328 e. The largest absolute Gasteiger partial charge is 0.497 e. The van der Waals surface area contributed by atoms with Crippen LogP contribution in [0.1, 0.15) is 5.56 Å². The predicted molar refractivity (Wildman–Crippen MR) is 83.9 cm³/mol. The number of ether oxygens (including phenoxy) is 2. The van der Waals surface area contributed by atoms with Gasteiger partial charge in [0.1, 0.15) is 17.2 Å². The number of halogens is 1. The molecule has 2 aromatic rings. The summed E-state index contributed by atoms with van der Waals surface area (Å²) in [5, 5.41) is 8.63. The van der Waals surface area contributed by atoms with Crippen LogP contribution in [0.2, 0.25) is 0 Å². The van der Waals surface area contributed by atoms with Gasteiger partial charge in [0, 0.05) is 16.6 Å². The lowest BCUT2D eigenvalue weighted by molar-refractivity contribution is -0.131. The topological polar surface area (TPSA) is 55.8 Å². The summed E-state index contributed by atoms with van der Waals surface area (Å²) < 4.78 is 11.6. The van der Waals surface area contributed by atoms with Crippen LogP contribution >= 0.6 is 15.9 Å². The fraction of sp³-hybridized carbons (Fsp3) is 0.0625. The molecule has 5 heteroatoms. The third kappa shape index (κ3) is 4.36. The van der Waals surface area contributed by atoms with Gasteiger partial charge >= 0.3 is 5.97 Å². The highest BCUT2D eigenvalue weighted by Crippen LogP contribution is 2.29. The number of benzene rings is 2. The normalized spacial score (nSPS) is 10.6. The molecular formula is C16H13BrO4. The SMILES string of the molecule is COc1cccc(Oc2ccc(/C=C/C(=O)O)c(Br)c2)c1. The zero-order valence-electron chi connectivity index (χ0n) is 11.2. The average molecular weight is 349 g/mol. The summed E-state index contributed by atoms with van der Waals surface area (Å²) in [5.41, 5.74) is 0.760. The molecule has 0 bridgehead atoms. The van der Waals surface area contributed by atoms with Crippen LogP contribution in [0, 0.1) is 0 Å². The Kier molecular flexibility index (Phi) is 5.00. The van der Waals surface area contributed by atoms with E-state index in [0.29, 0.717) is 17.2 Å². The number of aliphatic carboxylic acids is 1. The molecule has 0 heterocycles. The fourth-order valence-corrected chi connectivity index (χ4v) is 2.16. The highest BCUT2D eigenvalue weighted by molar-refractivity contribution is 9.10. The Morgan fingerprint density at radius 1 is 1.14 bits per heavy atom. The van der Waals surface area contributed by atoms with E-state index in [1.807, 2.05) is 18.2 Å². The van der Waals surface area contributed by atoms with E-state index in [0.717, 1.165) is 16.1 Å². The second-order valence-corrected chi connectivity index (χ2v) is 4.99. The van der Waals surface area contributed by atoms with Crippen LogP contribution < -0.4 is 9.47 Å². The summed E-state index contributed by atoms with van der Waals surface area (Å²) >= 11 is 3.39. The van der Waals surface area contributed by atoms with Gasteiger partial charge in [-0.2, -0.15) is 0 Å². The average Bonchev–Trinajstić information content (AvgIpc) is 2.46. The van der Waals surface area contributed by atoms with Gasteiger partial charge in [0.2, 0.25) is 0 Å². The van der Waals surface area contributed by atoms with Crippen molar-refractivity contribution in [3.05, 3.63) is 58.6 Å². The summed E-state index contributed by atoms with van der Waals surface area (Å²) in [4.78, 5) is 10.5. The van der Waals surface area contributed by atoms with Crippen LogP contribution in [0.5, 0.6) is 17.2 Å².